The fourth-order valence-corrected chi connectivity index (χ4v) is 2.23. The van der Waals surface area contributed by atoms with Gasteiger partial charge in [0.15, 0.2) is 5.13 Å². The summed E-state index contributed by atoms with van der Waals surface area (Å²) in [4.78, 5) is 4.24. The SMILES string of the molecule is COc1ccc(Cc2csc(N)n2)cc1C. The molecule has 0 saturated heterocycles. The number of hydrogen-bond donors (Lipinski definition) is 1. The Morgan fingerprint density at radius 3 is 2.81 bits per heavy atom. The van der Waals surface area contributed by atoms with Gasteiger partial charge in [-0.3, -0.25) is 0 Å². The van der Waals surface area contributed by atoms with Crippen molar-refractivity contribution in [3.8, 4) is 5.75 Å². The number of thiazole rings is 1. The van der Waals surface area contributed by atoms with Gasteiger partial charge in [-0.25, -0.2) is 4.98 Å². The molecule has 0 atom stereocenters. The van der Waals surface area contributed by atoms with Gasteiger partial charge in [-0.15, -0.1) is 11.3 Å². The molecule has 0 fully saturated rings. The molecule has 1 aromatic carbocycles. The van der Waals surface area contributed by atoms with Crippen molar-refractivity contribution >= 4 is 16.5 Å². The van der Waals surface area contributed by atoms with E-state index >= 15 is 0 Å². The summed E-state index contributed by atoms with van der Waals surface area (Å²) in [5.41, 5.74) is 8.98. The quantitative estimate of drug-likeness (QED) is 0.888. The molecule has 0 aliphatic carbocycles. The first kappa shape index (κ1) is 11.0. The first-order chi connectivity index (χ1) is 7.69. The molecule has 0 unspecified atom stereocenters. The summed E-state index contributed by atoms with van der Waals surface area (Å²) in [6.45, 7) is 2.04. The van der Waals surface area contributed by atoms with Crippen molar-refractivity contribution in [3.63, 3.8) is 0 Å². The molecule has 0 aliphatic rings. The average Bonchev–Trinajstić information content (AvgIpc) is 2.64. The van der Waals surface area contributed by atoms with Gasteiger partial charge < -0.3 is 10.5 Å². The lowest BCUT2D eigenvalue weighted by molar-refractivity contribution is 0.411. The van der Waals surface area contributed by atoms with Gasteiger partial charge in [-0.2, -0.15) is 0 Å². The van der Waals surface area contributed by atoms with E-state index in [9.17, 15) is 0 Å². The molecule has 2 rings (SSSR count). The zero-order valence-corrected chi connectivity index (χ0v) is 10.2. The molecule has 16 heavy (non-hydrogen) atoms. The summed E-state index contributed by atoms with van der Waals surface area (Å²) in [6, 6.07) is 6.16. The fraction of sp³-hybridized carbons (Fsp3) is 0.250. The summed E-state index contributed by atoms with van der Waals surface area (Å²) in [5.74, 6) is 0.918. The molecule has 0 amide bonds. The van der Waals surface area contributed by atoms with Crippen LogP contribution < -0.4 is 10.5 Å². The molecule has 2 aromatic rings. The van der Waals surface area contributed by atoms with Crippen LogP contribution in [0.5, 0.6) is 5.75 Å². The number of methoxy groups -OCH3 is 1. The summed E-state index contributed by atoms with van der Waals surface area (Å²) in [7, 11) is 1.68. The van der Waals surface area contributed by atoms with Gasteiger partial charge >= 0.3 is 0 Å². The first-order valence-electron chi connectivity index (χ1n) is 5.02. The van der Waals surface area contributed by atoms with Crippen molar-refractivity contribution in [2.24, 2.45) is 0 Å². The number of nitrogens with zero attached hydrogens (tertiary/aromatic N) is 1. The number of benzene rings is 1. The Balaban J connectivity index is 2.19. The summed E-state index contributed by atoms with van der Waals surface area (Å²) >= 11 is 1.48. The van der Waals surface area contributed by atoms with Crippen molar-refractivity contribution in [3.05, 3.63) is 40.4 Å². The van der Waals surface area contributed by atoms with E-state index < -0.39 is 0 Å². The van der Waals surface area contributed by atoms with E-state index in [1.165, 1.54) is 16.9 Å². The maximum atomic E-state index is 5.60. The molecule has 4 heteroatoms. The van der Waals surface area contributed by atoms with E-state index in [-0.39, 0.29) is 0 Å². The molecular formula is C12H14N2OS. The van der Waals surface area contributed by atoms with Gasteiger partial charge in [0.1, 0.15) is 5.75 Å². The van der Waals surface area contributed by atoms with Gasteiger partial charge in [0.2, 0.25) is 0 Å². The highest BCUT2D eigenvalue weighted by Crippen LogP contribution is 2.21. The average molecular weight is 234 g/mol. The zero-order valence-electron chi connectivity index (χ0n) is 9.36. The Labute approximate surface area is 98.9 Å². The van der Waals surface area contributed by atoms with E-state index in [2.05, 4.69) is 17.1 Å². The molecule has 0 spiro atoms. The van der Waals surface area contributed by atoms with Crippen LogP contribution in [0.3, 0.4) is 0 Å². The van der Waals surface area contributed by atoms with Crippen molar-refractivity contribution in [1.29, 1.82) is 0 Å². The highest BCUT2D eigenvalue weighted by molar-refractivity contribution is 7.13. The number of aryl methyl sites for hydroxylation is 1. The Morgan fingerprint density at radius 1 is 1.44 bits per heavy atom. The van der Waals surface area contributed by atoms with Gasteiger partial charge in [0.05, 0.1) is 12.8 Å². The minimum Gasteiger partial charge on any atom is -0.496 e. The van der Waals surface area contributed by atoms with Crippen LogP contribution in [-0.2, 0) is 6.42 Å². The highest BCUT2D eigenvalue weighted by Gasteiger charge is 2.03. The molecule has 1 aromatic heterocycles. The number of nitrogen functional groups attached to an aromatic ring is 1. The monoisotopic (exact) mass is 234 g/mol. The van der Waals surface area contributed by atoms with Crippen LogP contribution in [0.2, 0.25) is 0 Å². The third-order valence-electron chi connectivity index (χ3n) is 2.41. The van der Waals surface area contributed by atoms with E-state index in [1.54, 1.807) is 7.11 Å². The minimum absolute atomic E-state index is 0.625. The second kappa shape index (κ2) is 4.53. The number of rotatable bonds is 3. The summed E-state index contributed by atoms with van der Waals surface area (Å²) < 4.78 is 5.22. The minimum atomic E-state index is 0.625. The maximum Gasteiger partial charge on any atom is 0.180 e. The first-order valence-corrected chi connectivity index (χ1v) is 5.90. The number of nitrogens with two attached hydrogens (primary N) is 1. The number of aromatic nitrogens is 1. The largest absolute Gasteiger partial charge is 0.496 e. The van der Waals surface area contributed by atoms with Crippen molar-refractivity contribution in [2.45, 2.75) is 13.3 Å². The third-order valence-corrected chi connectivity index (χ3v) is 3.14. The van der Waals surface area contributed by atoms with Crippen molar-refractivity contribution < 1.29 is 4.74 Å². The van der Waals surface area contributed by atoms with Crippen LogP contribution in [0.1, 0.15) is 16.8 Å². The number of hydrogen-bond acceptors (Lipinski definition) is 4. The van der Waals surface area contributed by atoms with Crippen LogP contribution in [0.15, 0.2) is 23.6 Å². The molecule has 84 valence electrons. The second-order valence-electron chi connectivity index (χ2n) is 3.66. The number of anilines is 1. The molecule has 0 aliphatic heterocycles. The Hall–Kier alpha value is -1.55. The second-order valence-corrected chi connectivity index (χ2v) is 4.55. The van der Waals surface area contributed by atoms with Gasteiger partial charge in [0.25, 0.3) is 0 Å². The third kappa shape index (κ3) is 2.33. The van der Waals surface area contributed by atoms with Crippen LogP contribution in [0.4, 0.5) is 5.13 Å². The predicted octanol–water partition coefficient (Wildman–Crippen LogP) is 2.63. The highest BCUT2D eigenvalue weighted by atomic mass is 32.1. The van der Waals surface area contributed by atoms with Crippen LogP contribution in [0.25, 0.3) is 0 Å². The topological polar surface area (TPSA) is 48.1 Å². The van der Waals surface area contributed by atoms with Crippen LogP contribution >= 0.6 is 11.3 Å². The van der Waals surface area contributed by atoms with E-state index in [0.29, 0.717) is 5.13 Å². The van der Waals surface area contributed by atoms with E-state index in [4.69, 9.17) is 10.5 Å². The molecule has 1 heterocycles. The molecule has 0 radical (unpaired) electrons. The Kier molecular flexibility index (Phi) is 3.10. The van der Waals surface area contributed by atoms with Gasteiger partial charge in [-0.1, -0.05) is 12.1 Å². The molecule has 0 saturated carbocycles. The van der Waals surface area contributed by atoms with Crippen LogP contribution in [-0.4, -0.2) is 12.1 Å². The Morgan fingerprint density at radius 2 is 2.25 bits per heavy atom. The smallest absolute Gasteiger partial charge is 0.180 e. The predicted molar refractivity (Wildman–Crippen MR) is 67.1 cm³/mol. The van der Waals surface area contributed by atoms with Gasteiger partial charge in [0, 0.05) is 11.8 Å². The van der Waals surface area contributed by atoms with E-state index in [1.807, 2.05) is 18.4 Å². The lowest BCUT2D eigenvalue weighted by atomic mass is 10.1. The lowest BCUT2D eigenvalue weighted by Gasteiger charge is -2.06. The Bertz CT molecular complexity index is 494. The van der Waals surface area contributed by atoms with Crippen molar-refractivity contribution in [1.82, 2.24) is 4.98 Å². The van der Waals surface area contributed by atoms with Crippen LogP contribution in [0, 0.1) is 6.92 Å². The molecule has 0 bridgehead atoms. The molecule has 2 N–H and O–H groups in total. The molecular weight excluding hydrogens is 220 g/mol. The molecule has 3 nitrogen and oxygen atoms in total. The zero-order chi connectivity index (χ0) is 11.5. The lowest BCUT2D eigenvalue weighted by Crippen LogP contribution is -1.93. The fourth-order valence-electron chi connectivity index (χ4n) is 1.66. The summed E-state index contributed by atoms with van der Waals surface area (Å²) in [5, 5.41) is 2.62. The van der Waals surface area contributed by atoms with Gasteiger partial charge in [-0.05, 0) is 24.1 Å². The number of ether oxygens (including phenoxy) is 1. The summed E-state index contributed by atoms with van der Waals surface area (Å²) in [6.07, 6.45) is 0.818. The standard InChI is InChI=1S/C12H14N2OS/c1-8-5-9(3-4-11(8)15-2)6-10-7-16-12(13)14-10/h3-5,7H,6H2,1-2H3,(H2,13,14). The van der Waals surface area contributed by atoms with E-state index in [0.717, 1.165) is 23.4 Å². The van der Waals surface area contributed by atoms with Crippen molar-refractivity contribution in [2.75, 3.05) is 12.8 Å². The maximum absolute atomic E-state index is 5.60. The normalized spacial score (nSPS) is 10.4.